The van der Waals surface area contributed by atoms with Gasteiger partial charge >= 0.3 is 0 Å². The summed E-state index contributed by atoms with van der Waals surface area (Å²) in [5.74, 6) is -1.58. The molecule has 158 valence electrons. The molecule has 1 aliphatic heterocycles. The zero-order valence-electron chi connectivity index (χ0n) is 16.2. The SMILES string of the molecule is CC(=O)c1ccc(OCC2CN(C(=O)/C=C/c3c(F)cccc3Cl)CCO2)cc1F. The number of morpholine rings is 1. The van der Waals surface area contributed by atoms with Crippen molar-refractivity contribution in [3.63, 3.8) is 0 Å². The van der Waals surface area contributed by atoms with Crippen LogP contribution in [0.4, 0.5) is 8.78 Å². The number of hydrogen-bond acceptors (Lipinski definition) is 4. The summed E-state index contributed by atoms with van der Waals surface area (Å²) >= 11 is 5.96. The Morgan fingerprint density at radius 1 is 1.27 bits per heavy atom. The smallest absolute Gasteiger partial charge is 0.246 e. The average Bonchev–Trinajstić information content (AvgIpc) is 2.71. The van der Waals surface area contributed by atoms with E-state index in [1.807, 2.05) is 0 Å². The summed E-state index contributed by atoms with van der Waals surface area (Å²) in [7, 11) is 0. The number of carbonyl (C=O) groups excluding carboxylic acids is 2. The summed E-state index contributed by atoms with van der Waals surface area (Å²) in [6.07, 6.45) is 2.20. The monoisotopic (exact) mass is 435 g/mol. The van der Waals surface area contributed by atoms with Crippen LogP contribution in [0.15, 0.2) is 42.5 Å². The number of carbonyl (C=O) groups is 2. The molecule has 1 atom stereocenters. The Labute approximate surface area is 177 Å². The van der Waals surface area contributed by atoms with E-state index in [1.54, 1.807) is 11.0 Å². The summed E-state index contributed by atoms with van der Waals surface area (Å²) in [6.45, 7) is 2.35. The van der Waals surface area contributed by atoms with Crippen molar-refractivity contribution in [3.05, 3.63) is 70.3 Å². The number of amides is 1. The first-order valence-corrected chi connectivity index (χ1v) is 9.69. The fourth-order valence-corrected chi connectivity index (χ4v) is 3.24. The minimum atomic E-state index is -0.654. The molecule has 0 spiro atoms. The summed E-state index contributed by atoms with van der Waals surface area (Å²) in [5.41, 5.74) is 0.145. The molecule has 2 aromatic rings. The third-order valence-electron chi connectivity index (χ3n) is 4.60. The van der Waals surface area contributed by atoms with Crippen LogP contribution in [0.25, 0.3) is 6.08 Å². The van der Waals surface area contributed by atoms with E-state index in [9.17, 15) is 18.4 Å². The van der Waals surface area contributed by atoms with Crippen LogP contribution in [-0.4, -0.2) is 49.0 Å². The quantitative estimate of drug-likeness (QED) is 0.505. The second-order valence-electron chi connectivity index (χ2n) is 6.75. The summed E-state index contributed by atoms with van der Waals surface area (Å²) < 4.78 is 38.9. The number of Topliss-reactive ketones (excluding diaryl/α,β-unsaturated/α-hetero) is 1. The molecule has 8 heteroatoms. The normalized spacial score (nSPS) is 16.7. The zero-order chi connectivity index (χ0) is 21.7. The maximum Gasteiger partial charge on any atom is 0.246 e. The number of ether oxygens (including phenoxy) is 2. The first kappa shape index (κ1) is 21.9. The van der Waals surface area contributed by atoms with E-state index < -0.39 is 17.7 Å². The van der Waals surface area contributed by atoms with Crippen LogP contribution < -0.4 is 4.74 Å². The minimum Gasteiger partial charge on any atom is -0.491 e. The molecule has 0 aliphatic carbocycles. The van der Waals surface area contributed by atoms with Gasteiger partial charge in [0.05, 0.1) is 23.7 Å². The number of halogens is 3. The van der Waals surface area contributed by atoms with Gasteiger partial charge in [0, 0.05) is 24.3 Å². The Morgan fingerprint density at radius 2 is 2.07 bits per heavy atom. The Morgan fingerprint density at radius 3 is 2.77 bits per heavy atom. The lowest BCUT2D eigenvalue weighted by Gasteiger charge is -2.32. The highest BCUT2D eigenvalue weighted by atomic mass is 35.5. The molecule has 0 radical (unpaired) electrons. The lowest BCUT2D eigenvalue weighted by atomic mass is 10.1. The molecule has 5 nitrogen and oxygen atoms in total. The van der Waals surface area contributed by atoms with Crippen molar-refractivity contribution in [2.24, 2.45) is 0 Å². The van der Waals surface area contributed by atoms with Gasteiger partial charge in [-0.05, 0) is 37.3 Å². The van der Waals surface area contributed by atoms with Crippen LogP contribution >= 0.6 is 11.6 Å². The van der Waals surface area contributed by atoms with Crippen LogP contribution in [0, 0.1) is 11.6 Å². The number of hydrogen-bond donors (Lipinski definition) is 0. The molecule has 0 bridgehead atoms. The average molecular weight is 436 g/mol. The van der Waals surface area contributed by atoms with Crippen molar-refractivity contribution < 1.29 is 27.8 Å². The van der Waals surface area contributed by atoms with Crippen molar-refractivity contribution in [2.75, 3.05) is 26.3 Å². The summed E-state index contributed by atoms with van der Waals surface area (Å²) in [4.78, 5) is 25.3. The van der Waals surface area contributed by atoms with Crippen LogP contribution in [-0.2, 0) is 9.53 Å². The van der Waals surface area contributed by atoms with Gasteiger partial charge in [-0.1, -0.05) is 17.7 Å². The standard InChI is InChI=1S/C22H20ClF2NO4/c1-14(27)17-6-5-15(11-21(17)25)30-13-16-12-26(9-10-29-16)22(28)8-7-18-19(23)3-2-4-20(18)24/h2-8,11,16H,9-10,12-13H2,1H3/b8-7+. The van der Waals surface area contributed by atoms with Gasteiger partial charge in [0.25, 0.3) is 0 Å². The topological polar surface area (TPSA) is 55.8 Å². The molecule has 1 fully saturated rings. The maximum atomic E-state index is 13.9. The Hall–Kier alpha value is -2.77. The van der Waals surface area contributed by atoms with E-state index >= 15 is 0 Å². The molecular formula is C22H20ClF2NO4. The number of benzene rings is 2. The van der Waals surface area contributed by atoms with Gasteiger partial charge in [-0.25, -0.2) is 8.78 Å². The largest absolute Gasteiger partial charge is 0.491 e. The number of ketones is 1. The molecule has 2 aromatic carbocycles. The van der Waals surface area contributed by atoms with Crippen molar-refractivity contribution in [3.8, 4) is 5.75 Å². The van der Waals surface area contributed by atoms with Crippen LogP contribution in [0.3, 0.4) is 0 Å². The molecule has 1 unspecified atom stereocenters. The molecule has 0 aromatic heterocycles. The molecular weight excluding hydrogens is 416 g/mol. The van der Waals surface area contributed by atoms with Crippen molar-refractivity contribution >= 4 is 29.4 Å². The molecule has 1 heterocycles. The number of nitrogens with zero attached hydrogens (tertiary/aromatic N) is 1. The minimum absolute atomic E-state index is 0.00483. The second-order valence-corrected chi connectivity index (χ2v) is 7.16. The van der Waals surface area contributed by atoms with Gasteiger partial charge < -0.3 is 14.4 Å². The highest BCUT2D eigenvalue weighted by Crippen LogP contribution is 2.21. The molecule has 0 saturated carbocycles. The van der Waals surface area contributed by atoms with Gasteiger partial charge in [0.1, 0.15) is 30.1 Å². The van der Waals surface area contributed by atoms with E-state index in [0.29, 0.717) is 13.2 Å². The molecule has 30 heavy (non-hydrogen) atoms. The summed E-state index contributed by atoms with van der Waals surface area (Å²) in [5, 5.41) is 0.218. The zero-order valence-corrected chi connectivity index (χ0v) is 17.0. The van der Waals surface area contributed by atoms with Crippen molar-refractivity contribution in [2.45, 2.75) is 13.0 Å². The van der Waals surface area contributed by atoms with E-state index in [-0.39, 0.29) is 46.7 Å². The van der Waals surface area contributed by atoms with Gasteiger partial charge in [-0.15, -0.1) is 0 Å². The number of rotatable bonds is 6. The lowest BCUT2D eigenvalue weighted by Crippen LogP contribution is -2.47. The predicted octanol–water partition coefficient (Wildman–Crippen LogP) is 4.14. The molecule has 0 N–H and O–H groups in total. The molecule has 3 rings (SSSR count). The van der Waals surface area contributed by atoms with Gasteiger partial charge in [0.2, 0.25) is 5.91 Å². The van der Waals surface area contributed by atoms with Crippen LogP contribution in [0.2, 0.25) is 5.02 Å². The van der Waals surface area contributed by atoms with E-state index in [1.165, 1.54) is 43.3 Å². The fourth-order valence-electron chi connectivity index (χ4n) is 3.01. The fraction of sp³-hybridized carbons (Fsp3) is 0.273. The third kappa shape index (κ3) is 5.43. The Balaban J connectivity index is 1.57. The van der Waals surface area contributed by atoms with E-state index in [2.05, 4.69) is 0 Å². The van der Waals surface area contributed by atoms with Crippen LogP contribution in [0.1, 0.15) is 22.8 Å². The molecule has 1 saturated heterocycles. The Kier molecular flexibility index (Phi) is 7.18. The van der Waals surface area contributed by atoms with Crippen LogP contribution in [0.5, 0.6) is 5.75 Å². The predicted molar refractivity (Wildman–Crippen MR) is 109 cm³/mol. The second kappa shape index (κ2) is 9.82. The van der Waals surface area contributed by atoms with Gasteiger partial charge in [0.15, 0.2) is 5.78 Å². The molecule has 1 aliphatic rings. The lowest BCUT2D eigenvalue weighted by molar-refractivity contribution is -0.134. The van der Waals surface area contributed by atoms with Crippen molar-refractivity contribution in [1.82, 2.24) is 4.90 Å². The maximum absolute atomic E-state index is 13.9. The first-order chi connectivity index (χ1) is 14.3. The molecule has 1 amide bonds. The third-order valence-corrected chi connectivity index (χ3v) is 4.93. The highest BCUT2D eigenvalue weighted by molar-refractivity contribution is 6.32. The van der Waals surface area contributed by atoms with Gasteiger partial charge in [-0.3, -0.25) is 9.59 Å². The van der Waals surface area contributed by atoms with Crippen molar-refractivity contribution in [1.29, 1.82) is 0 Å². The van der Waals surface area contributed by atoms with E-state index in [4.69, 9.17) is 21.1 Å². The van der Waals surface area contributed by atoms with Gasteiger partial charge in [-0.2, -0.15) is 0 Å². The summed E-state index contributed by atoms with van der Waals surface area (Å²) in [6, 6.07) is 8.31. The first-order valence-electron chi connectivity index (χ1n) is 9.31. The van der Waals surface area contributed by atoms with E-state index in [0.717, 1.165) is 6.07 Å². The highest BCUT2D eigenvalue weighted by Gasteiger charge is 2.24. The Bertz CT molecular complexity index is 959.